The molecule has 0 nitrogen and oxygen atoms in total. The molecule has 1 heteroatoms. The maximum Gasteiger partial charge on any atom is 0.0157 e. The van der Waals surface area contributed by atoms with Gasteiger partial charge in [0.05, 0.1) is 0 Å². The summed E-state index contributed by atoms with van der Waals surface area (Å²) in [5.41, 5.74) is 0. The van der Waals surface area contributed by atoms with E-state index in [1.54, 1.807) is 0 Å². The Kier molecular flexibility index (Phi) is 5.83. The fourth-order valence-electron chi connectivity index (χ4n) is 0.190. The third kappa shape index (κ3) is 5.91. The molecule has 0 N–H and O–H groups in total. The van der Waals surface area contributed by atoms with E-state index >= 15 is 0 Å². The van der Waals surface area contributed by atoms with Crippen molar-refractivity contribution in [1.29, 1.82) is 0 Å². The molecule has 0 aromatic carbocycles. The smallest absolute Gasteiger partial charge is 0.0157 e. The molecule has 7 heavy (non-hydrogen) atoms. The maximum absolute atomic E-state index is 3.63. The van der Waals surface area contributed by atoms with Crippen molar-refractivity contribution < 1.29 is 0 Å². The number of rotatable bonds is 1. The fourth-order valence-corrected chi connectivity index (χ4v) is 0.395. The zero-order chi connectivity index (χ0) is 5.54. The van der Waals surface area contributed by atoms with Crippen LogP contribution >= 0.6 is 11.8 Å². The van der Waals surface area contributed by atoms with Crippen LogP contribution in [0.5, 0.6) is 0 Å². The Hall–Kier alpha value is -0.0900. The number of hydrogen-bond donors (Lipinski definition) is 0. The molecule has 0 heterocycles. The van der Waals surface area contributed by atoms with Crippen LogP contribution in [0.3, 0.4) is 0 Å². The summed E-state index contributed by atoms with van der Waals surface area (Å²) >= 11 is 1.30. The van der Waals surface area contributed by atoms with Crippen LogP contribution in [0, 0.1) is 24.4 Å². The lowest BCUT2D eigenvalue weighted by Gasteiger charge is -1.73. The van der Waals surface area contributed by atoms with Crippen molar-refractivity contribution in [3.8, 4) is 11.2 Å². The topological polar surface area (TPSA) is 0 Å². The molecule has 0 aliphatic rings. The van der Waals surface area contributed by atoms with Crippen molar-refractivity contribution in [2.24, 2.45) is 0 Å². The first-order valence-corrected chi connectivity index (χ1v) is 3.08. The largest absolute Gasteiger partial charge is 0.0913 e. The molecule has 0 spiro atoms. The van der Waals surface area contributed by atoms with E-state index in [4.69, 9.17) is 0 Å². The van der Waals surface area contributed by atoms with Gasteiger partial charge >= 0.3 is 0 Å². The Balaban J connectivity index is 2.91. The summed E-state index contributed by atoms with van der Waals surface area (Å²) < 4.78 is 0. The molecule has 2 radical (unpaired) electrons. The summed E-state index contributed by atoms with van der Waals surface area (Å²) in [6.07, 6.45) is 5.27. The molecule has 0 rings (SSSR count). The van der Waals surface area contributed by atoms with Crippen molar-refractivity contribution in [3.63, 3.8) is 0 Å². The van der Waals surface area contributed by atoms with Gasteiger partial charge in [-0.05, 0) is 11.7 Å². The van der Waals surface area contributed by atoms with Crippen LogP contribution in [-0.2, 0) is 0 Å². The summed E-state index contributed by atoms with van der Waals surface area (Å²) in [6, 6.07) is 0. The maximum atomic E-state index is 3.63. The molecule has 0 amide bonds. The van der Waals surface area contributed by atoms with E-state index in [-0.39, 0.29) is 0 Å². The third-order valence-corrected chi connectivity index (χ3v) is 0.735. The monoisotopic (exact) mass is 112 g/mol. The van der Waals surface area contributed by atoms with Gasteiger partial charge < -0.3 is 0 Å². The van der Waals surface area contributed by atoms with E-state index in [0.717, 1.165) is 12.8 Å². The van der Waals surface area contributed by atoms with E-state index in [1.807, 2.05) is 0 Å². The lowest BCUT2D eigenvalue weighted by atomic mass is 10.4. The lowest BCUT2D eigenvalue weighted by molar-refractivity contribution is 1.08. The van der Waals surface area contributed by atoms with Crippen LogP contribution in [0.1, 0.15) is 12.8 Å². The van der Waals surface area contributed by atoms with Crippen LogP contribution < -0.4 is 0 Å². The molecule has 0 aliphatic carbocycles. The highest BCUT2D eigenvalue weighted by molar-refractivity contribution is 8.04. The molecule has 0 aliphatic heterocycles. The number of hydrogen-bond acceptors (Lipinski definition) is 1. The van der Waals surface area contributed by atoms with E-state index in [9.17, 15) is 0 Å². The Bertz CT molecular complexity index is 75.9. The highest BCUT2D eigenvalue weighted by atomic mass is 32.2. The Morgan fingerprint density at radius 1 is 1.57 bits per heavy atom. The second kappa shape index (κ2) is 5.91. The molecule has 0 atom stereocenters. The number of thioether (sulfide) groups is 1. The molecule has 0 fully saturated rings. The molecule has 0 saturated carbocycles. The van der Waals surface area contributed by atoms with Gasteiger partial charge in [0.1, 0.15) is 0 Å². The van der Waals surface area contributed by atoms with Gasteiger partial charge in [-0.2, -0.15) is 0 Å². The zero-order valence-corrected chi connectivity index (χ0v) is 5.05. The van der Waals surface area contributed by atoms with Crippen molar-refractivity contribution in [2.45, 2.75) is 12.8 Å². The van der Waals surface area contributed by atoms with Gasteiger partial charge in [0, 0.05) is 12.7 Å². The molecule has 0 bridgehead atoms. The fraction of sp³-hybridized carbons (Fsp3) is 0.333. The zero-order valence-electron chi connectivity index (χ0n) is 4.24. The average Bonchev–Trinajstić information content (AvgIpc) is 1.69. The molecule has 0 saturated heterocycles. The van der Waals surface area contributed by atoms with Crippen molar-refractivity contribution in [3.05, 3.63) is 13.2 Å². The quantitative estimate of drug-likeness (QED) is 0.468. The van der Waals surface area contributed by atoms with E-state index in [2.05, 4.69) is 24.4 Å². The molecular weight excluding hydrogens is 104 g/mol. The molecular formula is C6H8S. The van der Waals surface area contributed by atoms with Gasteiger partial charge in [-0.15, -0.1) is 0 Å². The summed E-state index contributed by atoms with van der Waals surface area (Å²) in [5, 5.41) is 2.76. The van der Waals surface area contributed by atoms with E-state index < -0.39 is 0 Å². The van der Waals surface area contributed by atoms with Gasteiger partial charge in [-0.3, -0.25) is 0 Å². The molecule has 0 aromatic heterocycles. The van der Waals surface area contributed by atoms with Crippen LogP contribution in [0.2, 0.25) is 0 Å². The first-order valence-electron chi connectivity index (χ1n) is 2.10. The minimum absolute atomic E-state index is 0.891. The van der Waals surface area contributed by atoms with E-state index in [1.165, 1.54) is 11.8 Å². The van der Waals surface area contributed by atoms with Crippen molar-refractivity contribution in [2.75, 3.05) is 0 Å². The minimum Gasteiger partial charge on any atom is -0.0913 e. The van der Waals surface area contributed by atoms with Crippen molar-refractivity contribution >= 4 is 11.8 Å². The van der Waals surface area contributed by atoms with Crippen LogP contribution in [-0.4, -0.2) is 0 Å². The van der Waals surface area contributed by atoms with Gasteiger partial charge in [0.25, 0.3) is 0 Å². The summed E-state index contributed by atoms with van der Waals surface area (Å²) in [4.78, 5) is 0. The van der Waals surface area contributed by atoms with E-state index in [0.29, 0.717) is 0 Å². The molecule has 38 valence electrons. The Morgan fingerprint density at radius 2 is 2.29 bits per heavy atom. The summed E-state index contributed by atoms with van der Waals surface area (Å²) in [5.74, 6) is 2.87. The molecule has 0 aromatic rings. The lowest BCUT2D eigenvalue weighted by Crippen LogP contribution is -1.57. The second-order valence-corrected chi connectivity index (χ2v) is 1.52. The normalized spacial score (nSPS) is 7.14. The second-order valence-electron chi connectivity index (χ2n) is 1.03. The van der Waals surface area contributed by atoms with Gasteiger partial charge in [0.15, 0.2) is 0 Å². The first-order chi connectivity index (χ1) is 3.41. The van der Waals surface area contributed by atoms with Gasteiger partial charge in [-0.25, -0.2) is 0 Å². The SMILES string of the molecule is [CH2]CCC#CS[CH2]. The average molecular weight is 112 g/mol. The predicted molar refractivity (Wildman–Crippen MR) is 35.3 cm³/mol. The minimum atomic E-state index is 0.891. The third-order valence-electron chi connectivity index (χ3n) is 0.446. The highest BCUT2D eigenvalue weighted by Gasteiger charge is 1.66. The number of unbranched alkanes of at least 4 members (excludes halogenated alkanes) is 1. The summed E-state index contributed by atoms with van der Waals surface area (Å²) in [7, 11) is 0. The Labute approximate surface area is 49.7 Å². The van der Waals surface area contributed by atoms with Crippen LogP contribution in [0.25, 0.3) is 0 Å². The predicted octanol–water partition coefficient (Wildman–Crippen LogP) is 2.09. The first kappa shape index (κ1) is 6.91. The van der Waals surface area contributed by atoms with Crippen LogP contribution in [0.15, 0.2) is 0 Å². The highest BCUT2D eigenvalue weighted by Crippen LogP contribution is 1.89. The summed E-state index contributed by atoms with van der Waals surface area (Å²) in [6.45, 7) is 3.63. The van der Waals surface area contributed by atoms with Crippen molar-refractivity contribution in [1.82, 2.24) is 0 Å². The standard InChI is InChI=1S/C6H8S/c1-3-4-5-6-7-2/h1-4H2. The van der Waals surface area contributed by atoms with Gasteiger partial charge in [-0.1, -0.05) is 24.6 Å². The van der Waals surface area contributed by atoms with Gasteiger partial charge in [0.2, 0.25) is 0 Å². The van der Waals surface area contributed by atoms with Crippen LogP contribution in [0.4, 0.5) is 0 Å². The molecule has 0 unspecified atom stereocenters. The Morgan fingerprint density at radius 3 is 2.71 bits per heavy atom.